The van der Waals surface area contributed by atoms with Gasteiger partial charge in [0.15, 0.2) is 0 Å². The summed E-state index contributed by atoms with van der Waals surface area (Å²) < 4.78 is 34.8. The Morgan fingerprint density at radius 1 is 0.667 bits per heavy atom. The zero-order valence-corrected chi connectivity index (χ0v) is 18.4. The van der Waals surface area contributed by atoms with Crippen LogP contribution in [0.25, 0.3) is 0 Å². The summed E-state index contributed by atoms with van der Waals surface area (Å²) in [5, 5.41) is 8.91. The molecule has 0 aromatic heterocycles. The standard InChI is InChI=1S/C21H44O5S/c1-2-3-4-5-6-7-8-9-10-11-12-13-14-15-16-17-18-21(19-20-22)26-27(23,24)25/h21-22H,2-20H2,1H3,(H,23,24,25). The molecule has 0 bridgehead atoms. The van der Waals surface area contributed by atoms with Crippen LogP contribution in [0.2, 0.25) is 0 Å². The number of hydrogen-bond donors (Lipinski definition) is 2. The van der Waals surface area contributed by atoms with Gasteiger partial charge in [0.1, 0.15) is 0 Å². The summed E-state index contributed by atoms with van der Waals surface area (Å²) in [6, 6.07) is 0. The molecular weight excluding hydrogens is 364 g/mol. The molecule has 0 amide bonds. The number of rotatable bonds is 21. The predicted molar refractivity (Wildman–Crippen MR) is 112 cm³/mol. The molecule has 0 heterocycles. The first-order chi connectivity index (χ1) is 13.0. The van der Waals surface area contributed by atoms with E-state index in [2.05, 4.69) is 11.1 Å². The largest absolute Gasteiger partial charge is 0.397 e. The second kappa shape index (κ2) is 19.2. The van der Waals surface area contributed by atoms with Crippen molar-refractivity contribution < 1.29 is 22.3 Å². The van der Waals surface area contributed by atoms with E-state index in [1.165, 1.54) is 83.5 Å². The molecule has 1 unspecified atom stereocenters. The molecule has 27 heavy (non-hydrogen) atoms. The van der Waals surface area contributed by atoms with Crippen LogP contribution in [0.15, 0.2) is 0 Å². The first kappa shape index (κ1) is 26.8. The maximum absolute atomic E-state index is 10.7. The van der Waals surface area contributed by atoms with Crippen LogP contribution < -0.4 is 0 Å². The maximum Gasteiger partial charge on any atom is 0.397 e. The summed E-state index contributed by atoms with van der Waals surface area (Å²) in [6.45, 7) is 2.12. The Balaban J connectivity index is 3.32. The zero-order chi connectivity index (χ0) is 20.2. The van der Waals surface area contributed by atoms with Crippen LogP contribution in [-0.2, 0) is 14.6 Å². The minimum Gasteiger partial charge on any atom is -0.396 e. The van der Waals surface area contributed by atoms with Crippen molar-refractivity contribution in [2.75, 3.05) is 6.61 Å². The minimum absolute atomic E-state index is 0.140. The lowest BCUT2D eigenvalue weighted by Crippen LogP contribution is -2.19. The molecule has 0 aliphatic heterocycles. The molecule has 1 atom stereocenters. The summed E-state index contributed by atoms with van der Waals surface area (Å²) in [4.78, 5) is 0. The van der Waals surface area contributed by atoms with Gasteiger partial charge in [-0.25, -0.2) is 4.18 Å². The van der Waals surface area contributed by atoms with Crippen LogP contribution >= 0.6 is 0 Å². The minimum atomic E-state index is -4.43. The molecule has 0 saturated carbocycles. The Morgan fingerprint density at radius 2 is 1.04 bits per heavy atom. The van der Waals surface area contributed by atoms with E-state index in [1.54, 1.807) is 0 Å². The second-order valence-electron chi connectivity index (χ2n) is 7.75. The molecule has 5 nitrogen and oxygen atoms in total. The van der Waals surface area contributed by atoms with E-state index < -0.39 is 16.5 Å². The second-order valence-corrected chi connectivity index (χ2v) is 8.80. The number of hydrogen-bond acceptors (Lipinski definition) is 4. The van der Waals surface area contributed by atoms with Gasteiger partial charge in [-0.05, 0) is 12.8 Å². The van der Waals surface area contributed by atoms with Gasteiger partial charge in [0.05, 0.1) is 6.10 Å². The highest BCUT2D eigenvalue weighted by Gasteiger charge is 2.16. The highest BCUT2D eigenvalue weighted by Crippen LogP contribution is 2.16. The van der Waals surface area contributed by atoms with Crippen LogP contribution in [0.4, 0.5) is 0 Å². The van der Waals surface area contributed by atoms with Crippen LogP contribution in [0.5, 0.6) is 0 Å². The average molecular weight is 409 g/mol. The fourth-order valence-electron chi connectivity index (χ4n) is 3.48. The predicted octanol–water partition coefficient (Wildman–Crippen LogP) is 6.21. The van der Waals surface area contributed by atoms with Gasteiger partial charge < -0.3 is 5.11 Å². The van der Waals surface area contributed by atoms with E-state index in [4.69, 9.17) is 9.66 Å². The Morgan fingerprint density at radius 3 is 1.37 bits per heavy atom. The normalized spacial score (nSPS) is 13.1. The van der Waals surface area contributed by atoms with Crippen molar-refractivity contribution in [3.05, 3.63) is 0 Å². The van der Waals surface area contributed by atoms with E-state index >= 15 is 0 Å². The topological polar surface area (TPSA) is 83.8 Å². The van der Waals surface area contributed by atoms with Gasteiger partial charge >= 0.3 is 10.4 Å². The van der Waals surface area contributed by atoms with Gasteiger partial charge in [-0.1, -0.05) is 110 Å². The Hall–Kier alpha value is -0.170. The number of aliphatic hydroxyl groups is 1. The Kier molecular flexibility index (Phi) is 19.0. The highest BCUT2D eigenvalue weighted by atomic mass is 32.3. The van der Waals surface area contributed by atoms with Crippen LogP contribution in [-0.4, -0.2) is 30.8 Å². The summed E-state index contributed by atoms with van der Waals surface area (Å²) in [5.74, 6) is 0. The number of aliphatic hydroxyl groups excluding tert-OH is 1. The molecular formula is C21H44O5S. The van der Waals surface area contributed by atoms with Gasteiger partial charge in [0.2, 0.25) is 0 Å². The molecule has 0 rings (SSSR count). The lowest BCUT2D eigenvalue weighted by atomic mass is 10.0. The lowest BCUT2D eigenvalue weighted by molar-refractivity contribution is 0.133. The monoisotopic (exact) mass is 408 g/mol. The third-order valence-electron chi connectivity index (χ3n) is 5.09. The lowest BCUT2D eigenvalue weighted by Gasteiger charge is -2.13. The summed E-state index contributed by atoms with van der Waals surface area (Å²) in [5.41, 5.74) is 0. The van der Waals surface area contributed by atoms with E-state index in [-0.39, 0.29) is 13.0 Å². The number of unbranched alkanes of at least 4 members (excludes halogenated alkanes) is 15. The quantitative estimate of drug-likeness (QED) is 0.174. The zero-order valence-electron chi connectivity index (χ0n) is 17.5. The maximum atomic E-state index is 10.7. The molecule has 0 fully saturated rings. The third kappa shape index (κ3) is 22.0. The van der Waals surface area contributed by atoms with E-state index in [9.17, 15) is 8.42 Å². The first-order valence-corrected chi connectivity index (χ1v) is 12.6. The molecule has 0 aliphatic carbocycles. The Labute approximate surface area is 168 Å². The van der Waals surface area contributed by atoms with Gasteiger partial charge in [-0.3, -0.25) is 4.55 Å². The molecule has 164 valence electrons. The van der Waals surface area contributed by atoms with Crippen LogP contribution in [0.1, 0.15) is 122 Å². The summed E-state index contributed by atoms with van der Waals surface area (Å²) in [6.07, 6.45) is 20.9. The van der Waals surface area contributed by atoms with Crippen molar-refractivity contribution in [2.24, 2.45) is 0 Å². The van der Waals surface area contributed by atoms with Crippen molar-refractivity contribution in [1.82, 2.24) is 0 Å². The molecule has 0 saturated heterocycles. The smallest absolute Gasteiger partial charge is 0.396 e. The SMILES string of the molecule is CCCCCCCCCCCCCCCCCCC(CCO)OS(=O)(=O)O. The average Bonchev–Trinajstić information content (AvgIpc) is 2.60. The molecule has 0 aromatic carbocycles. The van der Waals surface area contributed by atoms with Crippen molar-refractivity contribution in [2.45, 2.75) is 129 Å². The van der Waals surface area contributed by atoms with Crippen LogP contribution in [0.3, 0.4) is 0 Å². The highest BCUT2D eigenvalue weighted by molar-refractivity contribution is 7.80. The van der Waals surface area contributed by atoms with Gasteiger partial charge in [0, 0.05) is 6.61 Å². The van der Waals surface area contributed by atoms with Crippen molar-refractivity contribution in [3.63, 3.8) is 0 Å². The summed E-state index contributed by atoms with van der Waals surface area (Å²) in [7, 11) is -4.43. The fraction of sp³-hybridized carbons (Fsp3) is 1.00. The van der Waals surface area contributed by atoms with Gasteiger partial charge in [-0.15, -0.1) is 0 Å². The van der Waals surface area contributed by atoms with Crippen molar-refractivity contribution in [1.29, 1.82) is 0 Å². The van der Waals surface area contributed by atoms with Crippen molar-refractivity contribution >= 4 is 10.4 Å². The van der Waals surface area contributed by atoms with E-state index in [0.717, 1.165) is 19.3 Å². The van der Waals surface area contributed by atoms with Crippen LogP contribution in [0, 0.1) is 0 Å². The Bertz CT molecular complexity index is 397. The summed E-state index contributed by atoms with van der Waals surface area (Å²) >= 11 is 0. The molecule has 0 spiro atoms. The molecule has 0 aliphatic rings. The molecule has 0 aromatic rings. The third-order valence-corrected chi connectivity index (χ3v) is 5.60. The molecule has 2 N–H and O–H groups in total. The van der Waals surface area contributed by atoms with E-state index in [1.807, 2.05) is 0 Å². The molecule has 0 radical (unpaired) electrons. The molecule has 6 heteroatoms. The first-order valence-electron chi connectivity index (χ1n) is 11.3. The van der Waals surface area contributed by atoms with Crippen molar-refractivity contribution in [3.8, 4) is 0 Å². The van der Waals surface area contributed by atoms with Gasteiger partial charge in [0.25, 0.3) is 0 Å². The fourth-order valence-corrected chi connectivity index (χ4v) is 4.01. The van der Waals surface area contributed by atoms with E-state index in [0.29, 0.717) is 6.42 Å². The van der Waals surface area contributed by atoms with Gasteiger partial charge in [-0.2, -0.15) is 8.42 Å².